The van der Waals surface area contributed by atoms with Crippen molar-refractivity contribution in [3.8, 4) is 0 Å². The molecule has 0 aliphatic carbocycles. The summed E-state index contributed by atoms with van der Waals surface area (Å²) in [5.74, 6) is 0.00826. The van der Waals surface area contributed by atoms with Gasteiger partial charge < -0.3 is 9.47 Å². The lowest BCUT2D eigenvalue weighted by atomic mass is 10.0. The molecule has 0 atom stereocenters. The largest absolute Gasteiger partial charge is 0.466 e. The van der Waals surface area contributed by atoms with E-state index < -0.39 is 0 Å². The molecule has 0 rings (SSSR count). The molecule has 0 N–H and O–H groups in total. The Morgan fingerprint density at radius 2 is 0.788 bits per heavy atom. The molecule has 0 aliphatic rings. The van der Waals surface area contributed by atoms with Gasteiger partial charge in [-0.1, -0.05) is 136 Å². The van der Waals surface area contributed by atoms with E-state index in [1.165, 1.54) is 135 Å². The Morgan fingerprint density at radius 3 is 1.27 bits per heavy atom. The van der Waals surface area contributed by atoms with Gasteiger partial charge >= 0.3 is 5.97 Å². The normalized spacial score (nSPS) is 11.2. The molecule has 0 radical (unpaired) electrons. The summed E-state index contributed by atoms with van der Waals surface area (Å²) in [6.45, 7) is 6.92. The number of hydrogen-bond acceptors (Lipinski definition) is 3. The zero-order chi connectivity index (χ0) is 24.1. The van der Waals surface area contributed by atoms with E-state index in [0.29, 0.717) is 13.0 Å². The second-order valence-corrected chi connectivity index (χ2v) is 10.0. The van der Waals surface area contributed by atoms with Crippen LogP contribution in [0.2, 0.25) is 0 Å². The van der Waals surface area contributed by atoms with E-state index in [-0.39, 0.29) is 5.97 Å². The van der Waals surface area contributed by atoms with Crippen LogP contribution in [-0.2, 0) is 14.3 Å². The minimum absolute atomic E-state index is 0.00826. The molecule has 0 saturated heterocycles. The predicted molar refractivity (Wildman–Crippen MR) is 144 cm³/mol. The van der Waals surface area contributed by atoms with Gasteiger partial charge in [0, 0.05) is 19.6 Å². The van der Waals surface area contributed by atoms with Gasteiger partial charge in [-0.25, -0.2) is 0 Å². The maximum atomic E-state index is 11.8. The predicted octanol–water partition coefficient (Wildman–Crippen LogP) is 9.95. The molecule has 33 heavy (non-hydrogen) atoms. The summed E-state index contributed by atoms with van der Waals surface area (Å²) in [5.41, 5.74) is 0. The molecule has 0 spiro atoms. The van der Waals surface area contributed by atoms with Crippen molar-refractivity contribution in [2.75, 3.05) is 19.8 Å². The molecule has 0 amide bonds. The molecule has 0 aromatic rings. The number of carbonyl (C=O) groups excluding carboxylic acids is 1. The van der Waals surface area contributed by atoms with Gasteiger partial charge in [0.15, 0.2) is 0 Å². The van der Waals surface area contributed by atoms with Crippen LogP contribution >= 0.6 is 0 Å². The van der Waals surface area contributed by atoms with Crippen molar-refractivity contribution < 1.29 is 14.3 Å². The lowest BCUT2D eigenvalue weighted by Gasteiger charge is -2.06. The van der Waals surface area contributed by atoms with Gasteiger partial charge in [0.1, 0.15) is 0 Å². The number of rotatable bonds is 28. The van der Waals surface area contributed by atoms with Crippen LogP contribution in [0.5, 0.6) is 0 Å². The summed E-state index contributed by atoms with van der Waals surface area (Å²) in [6.07, 6.45) is 30.4. The third-order valence-corrected chi connectivity index (χ3v) is 6.57. The summed E-state index contributed by atoms with van der Waals surface area (Å²) in [6, 6.07) is 0. The summed E-state index contributed by atoms with van der Waals surface area (Å²) in [4.78, 5) is 11.8. The minimum Gasteiger partial charge on any atom is -0.466 e. The molecule has 0 aromatic carbocycles. The Labute approximate surface area is 208 Å². The fourth-order valence-electron chi connectivity index (χ4n) is 4.26. The Balaban J connectivity index is 3.13. The first-order valence-electron chi connectivity index (χ1n) is 15.0. The first-order valence-corrected chi connectivity index (χ1v) is 15.0. The fraction of sp³-hybridized carbons (Fsp3) is 0.967. The van der Waals surface area contributed by atoms with E-state index in [0.717, 1.165) is 26.1 Å². The van der Waals surface area contributed by atoms with Crippen LogP contribution in [-0.4, -0.2) is 25.8 Å². The number of hydrogen-bond donors (Lipinski definition) is 0. The van der Waals surface area contributed by atoms with Crippen LogP contribution in [0.25, 0.3) is 0 Å². The van der Waals surface area contributed by atoms with Gasteiger partial charge in [0.25, 0.3) is 0 Å². The van der Waals surface area contributed by atoms with E-state index in [2.05, 4.69) is 13.8 Å². The summed E-state index contributed by atoms with van der Waals surface area (Å²) >= 11 is 0. The number of unbranched alkanes of at least 4 members (excludes halogenated alkanes) is 20. The minimum atomic E-state index is 0.00826. The third kappa shape index (κ3) is 29.4. The Bertz CT molecular complexity index is 370. The molecule has 0 fully saturated rings. The summed E-state index contributed by atoms with van der Waals surface area (Å²) in [5, 5.41) is 0. The van der Waals surface area contributed by atoms with Crippen molar-refractivity contribution in [1.82, 2.24) is 0 Å². The van der Waals surface area contributed by atoms with Gasteiger partial charge in [0.05, 0.1) is 6.61 Å². The van der Waals surface area contributed by atoms with Crippen LogP contribution in [0.15, 0.2) is 0 Å². The second-order valence-electron chi connectivity index (χ2n) is 10.0. The van der Waals surface area contributed by atoms with Crippen molar-refractivity contribution in [1.29, 1.82) is 0 Å². The molecule has 3 heteroatoms. The highest BCUT2D eigenvalue weighted by Crippen LogP contribution is 2.14. The molecule has 0 bridgehead atoms. The lowest BCUT2D eigenvalue weighted by molar-refractivity contribution is -0.143. The van der Waals surface area contributed by atoms with Crippen molar-refractivity contribution in [3.05, 3.63) is 0 Å². The van der Waals surface area contributed by atoms with E-state index in [4.69, 9.17) is 9.47 Å². The van der Waals surface area contributed by atoms with Crippen molar-refractivity contribution in [2.45, 2.75) is 168 Å². The van der Waals surface area contributed by atoms with Gasteiger partial charge in [-0.15, -0.1) is 0 Å². The quantitative estimate of drug-likeness (QED) is 0.0846. The van der Waals surface area contributed by atoms with E-state index >= 15 is 0 Å². The standard InChI is InChI=1S/C30H60O3/c1-3-5-7-8-9-10-11-12-13-14-15-16-17-20-23-26-30(31)33-29-25-22-19-18-21-24-28-32-27-6-4-2/h3-29H2,1-2H3. The maximum Gasteiger partial charge on any atom is 0.305 e. The molecule has 0 saturated carbocycles. The van der Waals surface area contributed by atoms with Crippen LogP contribution in [0, 0.1) is 0 Å². The molecular formula is C30H60O3. The first kappa shape index (κ1) is 32.4. The monoisotopic (exact) mass is 468 g/mol. The summed E-state index contributed by atoms with van der Waals surface area (Å²) < 4.78 is 11.0. The molecule has 198 valence electrons. The molecule has 0 aliphatic heterocycles. The molecule has 0 unspecified atom stereocenters. The average Bonchev–Trinajstić information content (AvgIpc) is 2.82. The highest BCUT2D eigenvalue weighted by molar-refractivity contribution is 5.69. The Kier molecular flexibility index (Phi) is 29.0. The first-order chi connectivity index (χ1) is 16.3. The van der Waals surface area contributed by atoms with Crippen LogP contribution in [0.3, 0.4) is 0 Å². The Morgan fingerprint density at radius 1 is 0.424 bits per heavy atom. The van der Waals surface area contributed by atoms with Crippen LogP contribution in [0.4, 0.5) is 0 Å². The lowest BCUT2D eigenvalue weighted by Crippen LogP contribution is -2.05. The zero-order valence-corrected chi connectivity index (χ0v) is 22.8. The van der Waals surface area contributed by atoms with Gasteiger partial charge in [-0.2, -0.15) is 0 Å². The molecule has 3 nitrogen and oxygen atoms in total. The van der Waals surface area contributed by atoms with Crippen molar-refractivity contribution >= 4 is 5.97 Å². The van der Waals surface area contributed by atoms with Gasteiger partial charge in [-0.3, -0.25) is 4.79 Å². The third-order valence-electron chi connectivity index (χ3n) is 6.57. The van der Waals surface area contributed by atoms with Crippen LogP contribution < -0.4 is 0 Å². The van der Waals surface area contributed by atoms with E-state index in [1.54, 1.807) is 0 Å². The van der Waals surface area contributed by atoms with E-state index in [9.17, 15) is 4.79 Å². The summed E-state index contributed by atoms with van der Waals surface area (Å²) in [7, 11) is 0. The number of esters is 1. The van der Waals surface area contributed by atoms with Gasteiger partial charge in [-0.05, 0) is 25.7 Å². The van der Waals surface area contributed by atoms with Crippen molar-refractivity contribution in [2.24, 2.45) is 0 Å². The molecule has 0 heterocycles. The highest BCUT2D eigenvalue weighted by Gasteiger charge is 2.02. The average molecular weight is 469 g/mol. The SMILES string of the molecule is CCCCCCCCCCCCCCCCCC(=O)OCCCCCCCCOCCCC. The highest BCUT2D eigenvalue weighted by atomic mass is 16.5. The molecule has 0 aromatic heterocycles. The number of carbonyl (C=O) groups is 1. The fourth-order valence-corrected chi connectivity index (χ4v) is 4.26. The topological polar surface area (TPSA) is 35.5 Å². The molecular weight excluding hydrogens is 408 g/mol. The van der Waals surface area contributed by atoms with Crippen molar-refractivity contribution in [3.63, 3.8) is 0 Å². The Hall–Kier alpha value is -0.570. The second kappa shape index (κ2) is 29.5. The maximum absolute atomic E-state index is 11.8. The van der Waals surface area contributed by atoms with Gasteiger partial charge in [0.2, 0.25) is 0 Å². The number of ether oxygens (including phenoxy) is 2. The smallest absolute Gasteiger partial charge is 0.305 e. The van der Waals surface area contributed by atoms with Crippen LogP contribution in [0.1, 0.15) is 168 Å². The zero-order valence-electron chi connectivity index (χ0n) is 22.8. The van der Waals surface area contributed by atoms with E-state index in [1.807, 2.05) is 0 Å².